The number of ketones is 1. The molecule has 25 heavy (non-hydrogen) atoms. The maximum atomic E-state index is 12.7. The summed E-state index contributed by atoms with van der Waals surface area (Å²) in [5, 5.41) is 0.451. The molecule has 0 heterocycles. The lowest BCUT2D eigenvalue weighted by atomic mass is 9.70. The van der Waals surface area contributed by atoms with Crippen molar-refractivity contribution in [2.24, 2.45) is 11.3 Å². The molecule has 146 valence electrons. The molecule has 3 atom stereocenters. The van der Waals surface area contributed by atoms with Gasteiger partial charge in [-0.3, -0.25) is 4.79 Å². The first-order chi connectivity index (χ1) is 12.0. The van der Waals surface area contributed by atoms with Crippen LogP contribution in [0.5, 0.6) is 0 Å². The van der Waals surface area contributed by atoms with Gasteiger partial charge in [-0.2, -0.15) is 11.8 Å². The van der Waals surface area contributed by atoms with Gasteiger partial charge in [0.1, 0.15) is 5.78 Å². The van der Waals surface area contributed by atoms with E-state index in [4.69, 9.17) is 4.74 Å². The van der Waals surface area contributed by atoms with Gasteiger partial charge in [0.2, 0.25) is 0 Å². The molecule has 0 bridgehead atoms. The zero-order valence-electron chi connectivity index (χ0n) is 17.0. The molecule has 0 amide bonds. The molecular formula is C22H40O2S. The minimum Gasteiger partial charge on any atom is -0.381 e. The van der Waals surface area contributed by atoms with Crippen LogP contribution in [0.4, 0.5) is 0 Å². The van der Waals surface area contributed by atoms with Crippen LogP contribution in [0.25, 0.3) is 0 Å². The molecule has 0 saturated heterocycles. The molecule has 0 spiro atoms. The van der Waals surface area contributed by atoms with Gasteiger partial charge in [-0.25, -0.2) is 0 Å². The second-order valence-corrected chi connectivity index (χ2v) is 9.46. The fourth-order valence-corrected chi connectivity index (χ4v) is 5.79. The second-order valence-electron chi connectivity index (χ2n) is 8.21. The Balaban J connectivity index is 2.56. The number of hydrogen-bond donors (Lipinski definition) is 0. The second kappa shape index (κ2) is 12.2. The number of rotatable bonds is 13. The summed E-state index contributed by atoms with van der Waals surface area (Å²) in [6.45, 7) is 10.7. The monoisotopic (exact) mass is 368 g/mol. The van der Waals surface area contributed by atoms with Crippen LogP contribution in [0.2, 0.25) is 0 Å². The number of thioether (sulfide) groups is 1. The Bertz CT molecular complexity index is 391. The molecule has 0 aromatic carbocycles. The van der Waals surface area contributed by atoms with Crippen molar-refractivity contribution < 1.29 is 9.53 Å². The van der Waals surface area contributed by atoms with Crippen molar-refractivity contribution in [1.29, 1.82) is 0 Å². The number of unbranched alkanes of at least 4 members (excludes halogenated alkanes) is 2. The number of carbonyl (C=O) groups excluding carboxylic acids is 1. The highest BCUT2D eigenvalue weighted by Gasteiger charge is 2.41. The van der Waals surface area contributed by atoms with E-state index in [0.29, 0.717) is 23.6 Å². The van der Waals surface area contributed by atoms with E-state index < -0.39 is 0 Å². The van der Waals surface area contributed by atoms with E-state index >= 15 is 0 Å². The van der Waals surface area contributed by atoms with E-state index in [1.165, 1.54) is 38.5 Å². The topological polar surface area (TPSA) is 26.3 Å². The highest BCUT2D eigenvalue weighted by molar-refractivity contribution is 8.00. The fourth-order valence-electron chi connectivity index (χ4n) is 4.05. The third-order valence-corrected chi connectivity index (χ3v) is 7.48. The SMILES string of the molecule is C=CCCC(=O)C1CCCC(C)(C)C1SCCC(CCCCC)OC. The van der Waals surface area contributed by atoms with Gasteiger partial charge in [0.25, 0.3) is 0 Å². The Kier molecular flexibility index (Phi) is 11.1. The summed E-state index contributed by atoms with van der Waals surface area (Å²) in [7, 11) is 1.84. The summed E-state index contributed by atoms with van der Waals surface area (Å²) < 4.78 is 5.67. The van der Waals surface area contributed by atoms with Gasteiger partial charge in [-0.05, 0) is 43.3 Å². The fraction of sp³-hybridized carbons (Fsp3) is 0.864. The van der Waals surface area contributed by atoms with Gasteiger partial charge >= 0.3 is 0 Å². The molecule has 1 aliphatic carbocycles. The van der Waals surface area contributed by atoms with Crippen molar-refractivity contribution in [3.05, 3.63) is 12.7 Å². The van der Waals surface area contributed by atoms with Crippen molar-refractivity contribution in [2.75, 3.05) is 12.9 Å². The zero-order chi connectivity index (χ0) is 18.7. The zero-order valence-corrected chi connectivity index (χ0v) is 17.8. The third kappa shape index (κ3) is 7.86. The number of allylic oxidation sites excluding steroid dienone is 1. The minimum atomic E-state index is 0.231. The minimum absolute atomic E-state index is 0.231. The van der Waals surface area contributed by atoms with Gasteiger partial charge in [-0.1, -0.05) is 52.5 Å². The standard InChI is InChI=1S/C22H40O2S/c1-6-8-10-12-18(24-5)15-17-25-21-19(20(23)14-9-7-2)13-11-16-22(21,3)4/h7,18-19,21H,2,6,8-17H2,1,3-5H3. The Labute approximate surface area is 160 Å². The maximum absolute atomic E-state index is 12.7. The summed E-state index contributed by atoms with van der Waals surface area (Å²) >= 11 is 2.03. The van der Waals surface area contributed by atoms with Gasteiger partial charge in [-0.15, -0.1) is 6.58 Å². The Morgan fingerprint density at radius 3 is 2.76 bits per heavy atom. The smallest absolute Gasteiger partial charge is 0.137 e. The first kappa shape index (κ1) is 22.8. The van der Waals surface area contributed by atoms with Gasteiger partial charge < -0.3 is 4.74 Å². The van der Waals surface area contributed by atoms with E-state index in [2.05, 4.69) is 27.4 Å². The molecule has 1 aliphatic rings. The quantitative estimate of drug-likeness (QED) is 0.276. The average Bonchev–Trinajstić information content (AvgIpc) is 2.59. The van der Waals surface area contributed by atoms with Crippen LogP contribution in [-0.2, 0) is 9.53 Å². The van der Waals surface area contributed by atoms with Crippen LogP contribution < -0.4 is 0 Å². The predicted molar refractivity (Wildman–Crippen MR) is 111 cm³/mol. The molecular weight excluding hydrogens is 328 g/mol. The highest BCUT2D eigenvalue weighted by Crippen LogP contribution is 2.46. The Hall–Kier alpha value is -0.280. The number of hydrogen-bond acceptors (Lipinski definition) is 3. The highest BCUT2D eigenvalue weighted by atomic mass is 32.2. The molecule has 1 rings (SSSR count). The maximum Gasteiger partial charge on any atom is 0.137 e. The first-order valence-electron chi connectivity index (χ1n) is 10.2. The van der Waals surface area contributed by atoms with Crippen molar-refractivity contribution in [2.45, 2.75) is 96.3 Å². The van der Waals surface area contributed by atoms with Crippen molar-refractivity contribution in [1.82, 2.24) is 0 Å². The van der Waals surface area contributed by atoms with E-state index in [1.54, 1.807) is 0 Å². The molecule has 2 nitrogen and oxygen atoms in total. The van der Waals surface area contributed by atoms with Crippen LogP contribution in [0.1, 0.15) is 85.0 Å². The molecule has 1 saturated carbocycles. The number of Topliss-reactive ketones (excluding diaryl/α,β-unsaturated/α-hetero) is 1. The molecule has 0 aliphatic heterocycles. The average molecular weight is 369 g/mol. The summed E-state index contributed by atoms with van der Waals surface area (Å²) in [6.07, 6.45) is 13.3. The normalized spacial score (nSPS) is 24.0. The van der Waals surface area contributed by atoms with E-state index in [-0.39, 0.29) is 11.3 Å². The Morgan fingerprint density at radius 1 is 1.36 bits per heavy atom. The summed E-state index contributed by atoms with van der Waals surface area (Å²) in [6, 6.07) is 0. The molecule has 1 fully saturated rings. The molecule has 3 unspecified atom stereocenters. The predicted octanol–water partition coefficient (Wildman–Crippen LogP) is 6.44. The lowest BCUT2D eigenvalue weighted by molar-refractivity contribution is -0.124. The van der Waals surface area contributed by atoms with Crippen LogP contribution >= 0.6 is 11.8 Å². The first-order valence-corrected chi connectivity index (χ1v) is 11.3. The summed E-state index contributed by atoms with van der Waals surface area (Å²) in [4.78, 5) is 12.7. The lowest BCUT2D eigenvalue weighted by Crippen LogP contribution is -2.41. The molecule has 0 radical (unpaired) electrons. The van der Waals surface area contributed by atoms with Gasteiger partial charge in [0, 0.05) is 24.7 Å². The number of methoxy groups -OCH3 is 1. The van der Waals surface area contributed by atoms with Crippen LogP contribution in [-0.4, -0.2) is 30.0 Å². The number of carbonyl (C=O) groups is 1. The lowest BCUT2D eigenvalue weighted by Gasteiger charge is -2.43. The summed E-state index contributed by atoms with van der Waals surface area (Å²) in [5.74, 6) is 1.79. The van der Waals surface area contributed by atoms with Crippen molar-refractivity contribution in [3.63, 3.8) is 0 Å². The number of ether oxygens (including phenoxy) is 1. The van der Waals surface area contributed by atoms with Gasteiger partial charge in [0.15, 0.2) is 0 Å². The molecule has 0 aromatic rings. The Morgan fingerprint density at radius 2 is 2.12 bits per heavy atom. The molecule has 3 heteroatoms. The van der Waals surface area contributed by atoms with Crippen molar-refractivity contribution >= 4 is 17.5 Å². The largest absolute Gasteiger partial charge is 0.381 e. The third-order valence-electron chi connectivity index (χ3n) is 5.68. The van der Waals surface area contributed by atoms with E-state index in [1.807, 2.05) is 24.9 Å². The molecule has 0 aromatic heterocycles. The van der Waals surface area contributed by atoms with Crippen LogP contribution in [0, 0.1) is 11.3 Å². The van der Waals surface area contributed by atoms with Crippen LogP contribution in [0.3, 0.4) is 0 Å². The van der Waals surface area contributed by atoms with E-state index in [9.17, 15) is 4.79 Å². The van der Waals surface area contributed by atoms with Crippen LogP contribution in [0.15, 0.2) is 12.7 Å². The molecule has 0 N–H and O–H groups in total. The van der Waals surface area contributed by atoms with E-state index in [0.717, 1.165) is 25.0 Å². The summed E-state index contributed by atoms with van der Waals surface area (Å²) in [5.41, 5.74) is 0.252. The van der Waals surface area contributed by atoms with Crippen molar-refractivity contribution in [3.8, 4) is 0 Å². The van der Waals surface area contributed by atoms with Gasteiger partial charge in [0.05, 0.1) is 6.10 Å².